The van der Waals surface area contributed by atoms with Crippen LogP contribution >= 0.6 is 0 Å². The summed E-state index contributed by atoms with van der Waals surface area (Å²) in [5.74, 6) is 1.15. The average molecular weight is 243 g/mol. The van der Waals surface area contributed by atoms with Crippen LogP contribution in [0.2, 0.25) is 0 Å². The van der Waals surface area contributed by atoms with Crippen LogP contribution in [-0.4, -0.2) is 15.1 Å². The van der Waals surface area contributed by atoms with Gasteiger partial charge in [-0.1, -0.05) is 12.1 Å². The fourth-order valence-corrected chi connectivity index (χ4v) is 2.92. The van der Waals surface area contributed by atoms with Gasteiger partial charge in [0.25, 0.3) is 0 Å². The van der Waals surface area contributed by atoms with Crippen molar-refractivity contribution >= 4 is 11.0 Å². The maximum Gasteiger partial charge on any atom is 0.111 e. The number of benzene rings is 1. The van der Waals surface area contributed by atoms with Crippen molar-refractivity contribution in [1.29, 1.82) is 0 Å². The number of nitrogens with zero attached hydrogens (tertiary/aromatic N) is 2. The monoisotopic (exact) mass is 243 g/mol. The molecule has 3 nitrogen and oxygen atoms in total. The summed E-state index contributed by atoms with van der Waals surface area (Å²) in [5.41, 5.74) is 8.68. The molecule has 2 N–H and O–H groups in total. The molecule has 1 heterocycles. The number of fused-ring (bicyclic) bond motifs is 1. The standard InChI is InChI=1S/C15H21N3/c1-11(2)18-13-7-4-3-6-12(13)17-14(18)10-15(16)8-5-9-15/h3-4,6-7,11H,5,8-10,16H2,1-2H3. The van der Waals surface area contributed by atoms with E-state index < -0.39 is 0 Å². The van der Waals surface area contributed by atoms with Crippen LogP contribution in [0.5, 0.6) is 0 Å². The van der Waals surface area contributed by atoms with Crippen LogP contribution < -0.4 is 5.73 Å². The predicted octanol–water partition coefficient (Wildman–Crippen LogP) is 3.04. The number of hydrogen-bond acceptors (Lipinski definition) is 2. The summed E-state index contributed by atoms with van der Waals surface area (Å²) >= 11 is 0. The van der Waals surface area contributed by atoms with Crippen LogP contribution in [-0.2, 0) is 6.42 Å². The van der Waals surface area contributed by atoms with Crippen molar-refractivity contribution in [2.24, 2.45) is 5.73 Å². The Kier molecular flexibility index (Phi) is 2.67. The molecular weight excluding hydrogens is 222 g/mol. The minimum absolute atomic E-state index is 0.00594. The highest BCUT2D eigenvalue weighted by molar-refractivity contribution is 5.76. The molecule has 3 rings (SSSR count). The van der Waals surface area contributed by atoms with Gasteiger partial charge in [-0.05, 0) is 45.2 Å². The largest absolute Gasteiger partial charge is 0.325 e. The van der Waals surface area contributed by atoms with Gasteiger partial charge in [0.15, 0.2) is 0 Å². The van der Waals surface area contributed by atoms with Crippen molar-refractivity contribution < 1.29 is 0 Å². The van der Waals surface area contributed by atoms with E-state index in [4.69, 9.17) is 10.7 Å². The normalized spacial score (nSPS) is 18.2. The molecule has 1 aromatic heterocycles. The minimum Gasteiger partial charge on any atom is -0.325 e. The second kappa shape index (κ2) is 4.09. The lowest BCUT2D eigenvalue weighted by atomic mass is 9.75. The topological polar surface area (TPSA) is 43.8 Å². The number of para-hydroxylation sites is 2. The highest BCUT2D eigenvalue weighted by atomic mass is 15.1. The van der Waals surface area contributed by atoms with Crippen LogP contribution in [0, 0.1) is 0 Å². The highest BCUT2D eigenvalue weighted by Crippen LogP contribution is 2.33. The maximum absolute atomic E-state index is 6.37. The molecule has 18 heavy (non-hydrogen) atoms. The fraction of sp³-hybridized carbons (Fsp3) is 0.533. The van der Waals surface area contributed by atoms with Crippen molar-refractivity contribution in [3.8, 4) is 0 Å². The van der Waals surface area contributed by atoms with Gasteiger partial charge in [0.1, 0.15) is 5.82 Å². The molecule has 0 amide bonds. The molecule has 1 aliphatic carbocycles. The van der Waals surface area contributed by atoms with Gasteiger partial charge < -0.3 is 10.3 Å². The first-order chi connectivity index (χ1) is 8.59. The maximum atomic E-state index is 6.37. The smallest absolute Gasteiger partial charge is 0.111 e. The Morgan fingerprint density at radius 3 is 2.67 bits per heavy atom. The third-order valence-electron chi connectivity index (χ3n) is 4.04. The fourth-order valence-electron chi connectivity index (χ4n) is 2.92. The van der Waals surface area contributed by atoms with Gasteiger partial charge in [0.2, 0.25) is 0 Å². The van der Waals surface area contributed by atoms with E-state index in [-0.39, 0.29) is 5.54 Å². The van der Waals surface area contributed by atoms with E-state index in [0.717, 1.165) is 30.6 Å². The summed E-state index contributed by atoms with van der Waals surface area (Å²) in [7, 11) is 0. The Balaban J connectivity index is 2.07. The van der Waals surface area contributed by atoms with E-state index in [0.29, 0.717) is 6.04 Å². The van der Waals surface area contributed by atoms with E-state index in [1.165, 1.54) is 11.9 Å². The van der Waals surface area contributed by atoms with Crippen molar-refractivity contribution in [2.45, 2.75) is 51.1 Å². The summed E-state index contributed by atoms with van der Waals surface area (Å²) in [5, 5.41) is 0. The van der Waals surface area contributed by atoms with Crippen molar-refractivity contribution in [1.82, 2.24) is 9.55 Å². The zero-order chi connectivity index (χ0) is 12.8. The Morgan fingerprint density at radius 1 is 1.33 bits per heavy atom. The van der Waals surface area contributed by atoms with Crippen LogP contribution in [0.4, 0.5) is 0 Å². The molecule has 0 radical (unpaired) electrons. The van der Waals surface area contributed by atoms with Crippen LogP contribution in [0.15, 0.2) is 24.3 Å². The highest BCUT2D eigenvalue weighted by Gasteiger charge is 2.34. The Hall–Kier alpha value is -1.35. The van der Waals surface area contributed by atoms with E-state index in [9.17, 15) is 0 Å². The number of nitrogens with two attached hydrogens (primary N) is 1. The third-order valence-corrected chi connectivity index (χ3v) is 4.04. The zero-order valence-electron chi connectivity index (χ0n) is 11.2. The number of hydrogen-bond donors (Lipinski definition) is 1. The average Bonchev–Trinajstić information content (AvgIpc) is 2.64. The zero-order valence-corrected chi connectivity index (χ0v) is 11.2. The van der Waals surface area contributed by atoms with Crippen molar-refractivity contribution in [2.75, 3.05) is 0 Å². The molecular formula is C15H21N3. The van der Waals surface area contributed by atoms with Gasteiger partial charge in [-0.3, -0.25) is 0 Å². The van der Waals surface area contributed by atoms with Gasteiger partial charge in [-0.25, -0.2) is 4.98 Å². The Labute approximate surface area is 108 Å². The molecule has 1 fully saturated rings. The summed E-state index contributed by atoms with van der Waals surface area (Å²) < 4.78 is 2.34. The lowest BCUT2D eigenvalue weighted by Crippen LogP contribution is -2.49. The second-order valence-corrected chi connectivity index (χ2v) is 5.87. The molecule has 2 aromatic rings. The van der Waals surface area contributed by atoms with E-state index in [2.05, 4.69) is 36.6 Å². The van der Waals surface area contributed by atoms with E-state index >= 15 is 0 Å². The lowest BCUT2D eigenvalue weighted by molar-refractivity contribution is 0.240. The molecule has 1 aliphatic rings. The molecule has 3 heteroatoms. The first-order valence-corrected chi connectivity index (χ1v) is 6.84. The first-order valence-electron chi connectivity index (χ1n) is 6.84. The van der Waals surface area contributed by atoms with Gasteiger partial charge >= 0.3 is 0 Å². The van der Waals surface area contributed by atoms with Crippen molar-refractivity contribution in [3.05, 3.63) is 30.1 Å². The number of imidazole rings is 1. The summed E-state index contributed by atoms with van der Waals surface area (Å²) in [4.78, 5) is 4.78. The molecule has 0 spiro atoms. The lowest BCUT2D eigenvalue weighted by Gasteiger charge is -2.38. The third kappa shape index (κ3) is 1.83. The number of aromatic nitrogens is 2. The Bertz CT molecular complexity index is 564. The summed E-state index contributed by atoms with van der Waals surface area (Å²) in [6, 6.07) is 8.79. The molecule has 0 unspecified atom stereocenters. The van der Waals surface area contributed by atoms with Gasteiger partial charge in [0.05, 0.1) is 11.0 Å². The van der Waals surface area contributed by atoms with Gasteiger partial charge in [-0.15, -0.1) is 0 Å². The van der Waals surface area contributed by atoms with Crippen LogP contribution in [0.1, 0.15) is 45.0 Å². The number of rotatable bonds is 3. The van der Waals surface area contributed by atoms with Gasteiger partial charge in [-0.2, -0.15) is 0 Å². The molecule has 0 atom stereocenters. The molecule has 1 saturated carbocycles. The van der Waals surface area contributed by atoms with Crippen LogP contribution in [0.25, 0.3) is 11.0 Å². The molecule has 0 saturated heterocycles. The van der Waals surface area contributed by atoms with Crippen molar-refractivity contribution in [3.63, 3.8) is 0 Å². The Morgan fingerprint density at radius 2 is 2.06 bits per heavy atom. The van der Waals surface area contributed by atoms with E-state index in [1.54, 1.807) is 0 Å². The quantitative estimate of drug-likeness (QED) is 0.900. The van der Waals surface area contributed by atoms with Gasteiger partial charge in [0, 0.05) is 18.0 Å². The second-order valence-electron chi connectivity index (χ2n) is 5.87. The minimum atomic E-state index is -0.00594. The molecule has 0 aliphatic heterocycles. The van der Waals surface area contributed by atoms with Crippen LogP contribution in [0.3, 0.4) is 0 Å². The predicted molar refractivity (Wildman–Crippen MR) is 74.6 cm³/mol. The molecule has 96 valence electrons. The summed E-state index contributed by atoms with van der Waals surface area (Å²) in [6.45, 7) is 4.42. The van der Waals surface area contributed by atoms with E-state index in [1.807, 2.05) is 6.07 Å². The molecule has 1 aromatic carbocycles. The first kappa shape index (κ1) is 11.7. The summed E-state index contributed by atoms with van der Waals surface area (Å²) in [6.07, 6.45) is 4.43. The molecule has 0 bridgehead atoms. The SMILES string of the molecule is CC(C)n1c(CC2(N)CCC2)nc2ccccc21.